The van der Waals surface area contributed by atoms with Gasteiger partial charge in [-0.1, -0.05) is 12.2 Å². The molecule has 0 aromatic rings. The van der Waals surface area contributed by atoms with Crippen LogP contribution in [0.4, 0.5) is 0 Å². The van der Waals surface area contributed by atoms with Crippen molar-refractivity contribution in [2.24, 2.45) is 0 Å². The molecule has 1 unspecified atom stereocenters. The summed E-state index contributed by atoms with van der Waals surface area (Å²) in [4.78, 5) is 12.9. The van der Waals surface area contributed by atoms with Crippen molar-refractivity contribution in [3.05, 3.63) is 12.2 Å². The zero-order valence-corrected chi connectivity index (χ0v) is 8.78. The molecule has 0 radical (unpaired) electrons. The Bertz CT molecular complexity index is 227. The van der Waals surface area contributed by atoms with Gasteiger partial charge in [-0.3, -0.25) is 9.69 Å². The lowest BCUT2D eigenvalue weighted by Gasteiger charge is -2.31. The summed E-state index contributed by atoms with van der Waals surface area (Å²) in [7, 11) is 0. The highest BCUT2D eigenvalue weighted by Gasteiger charge is 2.22. The number of cyclic esters (lactones) is 1. The van der Waals surface area contributed by atoms with Gasteiger partial charge in [0.05, 0.1) is 13.2 Å². The molecule has 0 aromatic heterocycles. The first kappa shape index (κ1) is 11.2. The van der Waals surface area contributed by atoms with Crippen LogP contribution in [0.25, 0.3) is 0 Å². The van der Waals surface area contributed by atoms with Crippen LogP contribution in [0.15, 0.2) is 12.2 Å². The minimum absolute atomic E-state index is 0.0560. The first-order valence-corrected chi connectivity index (χ1v) is 4.75. The van der Waals surface area contributed by atoms with Gasteiger partial charge in [-0.15, -0.1) is 0 Å². The van der Waals surface area contributed by atoms with Gasteiger partial charge in [0.2, 0.25) is 0 Å². The Morgan fingerprint density at radius 3 is 3.07 bits per heavy atom. The second kappa shape index (κ2) is 5.12. The van der Waals surface area contributed by atoms with Crippen molar-refractivity contribution in [1.82, 2.24) is 4.90 Å². The molecule has 0 N–H and O–H groups in total. The number of morpholine rings is 1. The van der Waals surface area contributed by atoms with Gasteiger partial charge in [0.25, 0.3) is 0 Å². The normalized spacial score (nSPS) is 20.3. The maximum atomic E-state index is 11.0. The number of carbonyl (C=O) groups is 1. The molecule has 1 heterocycles. The van der Waals surface area contributed by atoms with E-state index in [9.17, 15) is 4.79 Å². The van der Waals surface area contributed by atoms with E-state index in [0.29, 0.717) is 19.8 Å². The summed E-state index contributed by atoms with van der Waals surface area (Å²) in [6, 6.07) is 0. The number of rotatable bonds is 4. The van der Waals surface area contributed by atoms with Gasteiger partial charge < -0.3 is 9.47 Å². The van der Waals surface area contributed by atoms with Crippen LogP contribution in [0.2, 0.25) is 0 Å². The number of carbonyl (C=O) groups excluding carboxylic acids is 1. The van der Waals surface area contributed by atoms with Crippen LogP contribution >= 0.6 is 0 Å². The Balaban J connectivity index is 2.31. The van der Waals surface area contributed by atoms with E-state index in [1.54, 1.807) is 0 Å². The fourth-order valence-electron chi connectivity index (χ4n) is 1.25. The lowest BCUT2D eigenvalue weighted by atomic mass is 10.3. The summed E-state index contributed by atoms with van der Waals surface area (Å²) in [5.74, 6) is -0.179. The molecule has 0 spiro atoms. The van der Waals surface area contributed by atoms with Crippen LogP contribution in [0.5, 0.6) is 0 Å². The largest absolute Gasteiger partial charge is 0.463 e. The number of hydrogen-bond acceptors (Lipinski definition) is 4. The lowest BCUT2D eigenvalue weighted by Crippen LogP contribution is -2.45. The fraction of sp³-hybridized carbons (Fsp3) is 0.700. The van der Waals surface area contributed by atoms with E-state index in [0.717, 1.165) is 12.1 Å². The molecule has 1 atom stereocenters. The zero-order chi connectivity index (χ0) is 10.6. The standard InChI is InChI=1S/C10H17NO3/c1-8(2)7-14-9(3)11-4-5-13-10(12)6-11/h9H,1,4-7H2,2-3H3. The number of hydrogen-bond donors (Lipinski definition) is 0. The molecule has 1 saturated heterocycles. The summed E-state index contributed by atoms with van der Waals surface area (Å²) in [6.07, 6.45) is -0.0560. The molecule has 0 amide bonds. The van der Waals surface area contributed by atoms with E-state index in [1.807, 2.05) is 18.7 Å². The quantitative estimate of drug-likeness (QED) is 0.495. The van der Waals surface area contributed by atoms with Crippen LogP contribution in [-0.2, 0) is 14.3 Å². The van der Waals surface area contributed by atoms with Crippen LogP contribution in [-0.4, -0.2) is 43.4 Å². The van der Waals surface area contributed by atoms with Crippen molar-refractivity contribution in [3.8, 4) is 0 Å². The van der Waals surface area contributed by atoms with Crippen LogP contribution < -0.4 is 0 Å². The average molecular weight is 199 g/mol. The minimum Gasteiger partial charge on any atom is -0.463 e. The SMILES string of the molecule is C=C(C)COC(C)N1CCOC(=O)C1. The molecule has 14 heavy (non-hydrogen) atoms. The summed E-state index contributed by atoms with van der Waals surface area (Å²) < 4.78 is 10.3. The summed E-state index contributed by atoms with van der Waals surface area (Å²) in [5.41, 5.74) is 0.983. The maximum absolute atomic E-state index is 11.0. The smallest absolute Gasteiger partial charge is 0.320 e. The summed E-state index contributed by atoms with van der Waals surface area (Å²) in [6.45, 7) is 9.65. The summed E-state index contributed by atoms with van der Waals surface area (Å²) >= 11 is 0. The van der Waals surface area contributed by atoms with Gasteiger partial charge in [-0.25, -0.2) is 0 Å². The molecule has 0 saturated carbocycles. The van der Waals surface area contributed by atoms with Crippen LogP contribution in [0.3, 0.4) is 0 Å². The molecule has 0 bridgehead atoms. The lowest BCUT2D eigenvalue weighted by molar-refractivity contribution is -0.158. The van der Waals surface area contributed by atoms with Crippen LogP contribution in [0, 0.1) is 0 Å². The third-order valence-electron chi connectivity index (χ3n) is 2.06. The Morgan fingerprint density at radius 2 is 2.50 bits per heavy atom. The van der Waals surface area contributed by atoms with E-state index in [1.165, 1.54) is 0 Å². The molecule has 0 aromatic carbocycles. The van der Waals surface area contributed by atoms with Crippen molar-refractivity contribution in [1.29, 1.82) is 0 Å². The number of esters is 1. The molecular weight excluding hydrogens is 182 g/mol. The number of ether oxygens (including phenoxy) is 2. The minimum atomic E-state index is -0.179. The van der Waals surface area contributed by atoms with E-state index in [-0.39, 0.29) is 12.2 Å². The molecule has 80 valence electrons. The van der Waals surface area contributed by atoms with E-state index < -0.39 is 0 Å². The molecule has 1 aliphatic rings. The third-order valence-corrected chi connectivity index (χ3v) is 2.06. The van der Waals surface area contributed by atoms with E-state index in [4.69, 9.17) is 9.47 Å². The predicted octanol–water partition coefficient (Wildman–Crippen LogP) is 0.784. The van der Waals surface area contributed by atoms with Gasteiger partial charge in [-0.2, -0.15) is 0 Å². The van der Waals surface area contributed by atoms with E-state index in [2.05, 4.69) is 6.58 Å². The molecule has 0 aliphatic carbocycles. The highest BCUT2D eigenvalue weighted by molar-refractivity contribution is 5.72. The van der Waals surface area contributed by atoms with Crippen molar-refractivity contribution >= 4 is 5.97 Å². The van der Waals surface area contributed by atoms with Gasteiger partial charge >= 0.3 is 5.97 Å². The van der Waals surface area contributed by atoms with Crippen LogP contribution in [0.1, 0.15) is 13.8 Å². The van der Waals surface area contributed by atoms with Crippen molar-refractivity contribution in [2.45, 2.75) is 20.1 Å². The predicted molar refractivity (Wildman–Crippen MR) is 52.8 cm³/mol. The topological polar surface area (TPSA) is 38.8 Å². The molecule has 4 nitrogen and oxygen atoms in total. The summed E-state index contributed by atoms with van der Waals surface area (Å²) in [5, 5.41) is 0. The van der Waals surface area contributed by atoms with E-state index >= 15 is 0 Å². The Hall–Kier alpha value is -0.870. The molecule has 1 rings (SSSR count). The van der Waals surface area contributed by atoms with Gasteiger partial charge in [-0.05, 0) is 13.8 Å². The van der Waals surface area contributed by atoms with Gasteiger partial charge in [0.15, 0.2) is 0 Å². The Kier molecular flexibility index (Phi) is 4.10. The second-order valence-corrected chi connectivity index (χ2v) is 3.56. The first-order valence-electron chi connectivity index (χ1n) is 4.75. The maximum Gasteiger partial charge on any atom is 0.320 e. The average Bonchev–Trinajstić information content (AvgIpc) is 2.14. The third kappa shape index (κ3) is 3.47. The second-order valence-electron chi connectivity index (χ2n) is 3.56. The molecule has 4 heteroatoms. The highest BCUT2D eigenvalue weighted by Crippen LogP contribution is 2.06. The van der Waals surface area contributed by atoms with Crippen molar-refractivity contribution in [3.63, 3.8) is 0 Å². The molecular formula is C10H17NO3. The highest BCUT2D eigenvalue weighted by atomic mass is 16.5. The van der Waals surface area contributed by atoms with Gasteiger partial charge in [0.1, 0.15) is 12.8 Å². The first-order chi connectivity index (χ1) is 6.59. The van der Waals surface area contributed by atoms with Crippen molar-refractivity contribution in [2.75, 3.05) is 26.3 Å². The number of nitrogens with zero attached hydrogens (tertiary/aromatic N) is 1. The fourth-order valence-corrected chi connectivity index (χ4v) is 1.25. The Labute approximate surface area is 84.5 Å². The molecule has 1 aliphatic heterocycles. The van der Waals surface area contributed by atoms with Crippen molar-refractivity contribution < 1.29 is 14.3 Å². The van der Waals surface area contributed by atoms with Gasteiger partial charge in [0, 0.05) is 6.54 Å². The monoisotopic (exact) mass is 199 g/mol. The molecule has 1 fully saturated rings. The Morgan fingerprint density at radius 1 is 1.79 bits per heavy atom. The zero-order valence-electron chi connectivity index (χ0n) is 8.78.